The fourth-order valence-electron chi connectivity index (χ4n) is 3.11. The van der Waals surface area contributed by atoms with Gasteiger partial charge in [0.05, 0.1) is 23.8 Å². The summed E-state index contributed by atoms with van der Waals surface area (Å²) in [5, 5.41) is 7.19. The smallest absolute Gasteiger partial charge is 0.378 e. The Bertz CT molecular complexity index is 1060. The summed E-state index contributed by atoms with van der Waals surface area (Å²) < 4.78 is 46.2. The summed E-state index contributed by atoms with van der Waals surface area (Å²) in [6.45, 7) is 1.79. The van der Waals surface area contributed by atoms with Gasteiger partial charge in [0.2, 0.25) is 5.91 Å². The van der Waals surface area contributed by atoms with Crippen molar-refractivity contribution in [1.29, 1.82) is 0 Å². The van der Waals surface area contributed by atoms with E-state index in [1.165, 1.54) is 4.40 Å². The Morgan fingerprint density at radius 1 is 1.17 bits per heavy atom. The Labute approximate surface area is 179 Å². The first-order valence-corrected chi connectivity index (χ1v) is 10.3. The number of thioether (sulfide) groups is 1. The zero-order valence-corrected chi connectivity index (χ0v) is 17.0. The van der Waals surface area contributed by atoms with Crippen molar-refractivity contribution in [2.45, 2.75) is 16.6 Å². The van der Waals surface area contributed by atoms with Crippen molar-refractivity contribution in [2.24, 2.45) is 0 Å². The van der Waals surface area contributed by atoms with Gasteiger partial charge in [0.1, 0.15) is 5.25 Å². The molecule has 1 aliphatic rings. The monoisotopic (exact) mass is 456 g/mol. The van der Waals surface area contributed by atoms with Crippen LogP contribution in [-0.2, 0) is 15.7 Å². The topological polar surface area (TPSA) is 59.7 Å². The minimum atomic E-state index is -4.58. The molecule has 3 heterocycles. The van der Waals surface area contributed by atoms with E-state index in [0.717, 1.165) is 24.0 Å². The third kappa shape index (κ3) is 4.26. The molecule has 1 amide bonds. The maximum atomic E-state index is 13.2. The van der Waals surface area contributed by atoms with E-state index in [1.807, 2.05) is 6.07 Å². The summed E-state index contributed by atoms with van der Waals surface area (Å²) in [4.78, 5) is 14.9. The molecule has 0 N–H and O–H groups in total. The number of hydrogen-bond donors (Lipinski definition) is 0. The van der Waals surface area contributed by atoms with Crippen LogP contribution in [0.1, 0.15) is 16.4 Å². The first kappa shape index (κ1) is 21.0. The van der Waals surface area contributed by atoms with Crippen molar-refractivity contribution in [3.05, 3.63) is 58.7 Å². The van der Waals surface area contributed by atoms with Gasteiger partial charge in [-0.2, -0.15) is 13.2 Å². The summed E-state index contributed by atoms with van der Waals surface area (Å²) in [6.07, 6.45) is -3.68. The number of halogens is 4. The molecule has 1 atom stereocenters. The van der Waals surface area contributed by atoms with Gasteiger partial charge in [-0.05, 0) is 11.6 Å². The third-order valence-corrected chi connectivity index (χ3v) is 6.11. The van der Waals surface area contributed by atoms with Gasteiger partial charge in [0.15, 0.2) is 10.8 Å². The average molecular weight is 457 g/mol. The minimum Gasteiger partial charge on any atom is -0.378 e. The minimum absolute atomic E-state index is 0.0952. The van der Waals surface area contributed by atoms with Gasteiger partial charge in [-0.1, -0.05) is 53.7 Å². The quantitative estimate of drug-likeness (QED) is 0.553. The highest BCUT2D eigenvalue weighted by molar-refractivity contribution is 8.00. The first-order valence-electron chi connectivity index (χ1n) is 9.04. The number of rotatable bonds is 4. The Balaban J connectivity index is 1.73. The average Bonchev–Trinajstić information content (AvgIpc) is 3.15. The summed E-state index contributed by atoms with van der Waals surface area (Å²) >= 11 is 7.04. The van der Waals surface area contributed by atoms with E-state index >= 15 is 0 Å². The number of carbonyl (C=O) groups excluding carboxylic acids is 1. The molecule has 3 aromatic rings. The third-order valence-electron chi connectivity index (χ3n) is 4.63. The number of aromatic nitrogens is 3. The fourth-order valence-corrected chi connectivity index (χ4v) is 4.45. The van der Waals surface area contributed by atoms with E-state index in [-0.39, 0.29) is 21.7 Å². The molecule has 6 nitrogen and oxygen atoms in total. The van der Waals surface area contributed by atoms with Gasteiger partial charge in [-0.15, -0.1) is 10.2 Å². The van der Waals surface area contributed by atoms with Gasteiger partial charge >= 0.3 is 6.18 Å². The van der Waals surface area contributed by atoms with E-state index in [4.69, 9.17) is 16.3 Å². The molecule has 0 aliphatic carbocycles. The van der Waals surface area contributed by atoms with Crippen LogP contribution in [0, 0.1) is 0 Å². The van der Waals surface area contributed by atoms with Crippen molar-refractivity contribution in [3.63, 3.8) is 0 Å². The second-order valence-electron chi connectivity index (χ2n) is 6.60. The lowest BCUT2D eigenvalue weighted by atomic mass is 10.1. The van der Waals surface area contributed by atoms with Crippen molar-refractivity contribution < 1.29 is 22.7 Å². The molecule has 1 fully saturated rings. The molecule has 1 aliphatic heterocycles. The number of ether oxygens (including phenoxy) is 1. The summed E-state index contributed by atoms with van der Waals surface area (Å²) in [7, 11) is 0. The molecular weight excluding hydrogens is 441 g/mol. The maximum Gasteiger partial charge on any atom is 0.417 e. The SMILES string of the molecule is O=C([C@H](Sc1nnc2c(Cl)cc(C(F)(F)F)cn12)c1ccccc1)N1CCOCC1. The molecule has 11 heteroatoms. The zero-order valence-electron chi connectivity index (χ0n) is 15.5. The second-order valence-corrected chi connectivity index (χ2v) is 8.08. The number of alkyl halides is 3. The lowest BCUT2D eigenvalue weighted by molar-refractivity contribution is -0.138. The second kappa shape index (κ2) is 8.44. The van der Waals surface area contributed by atoms with Gasteiger partial charge in [-0.3, -0.25) is 9.20 Å². The van der Waals surface area contributed by atoms with Crippen LogP contribution in [0.2, 0.25) is 5.02 Å². The number of carbonyl (C=O) groups is 1. The van der Waals surface area contributed by atoms with Crippen molar-refractivity contribution in [1.82, 2.24) is 19.5 Å². The van der Waals surface area contributed by atoms with Gasteiger partial charge in [-0.25, -0.2) is 0 Å². The number of nitrogens with zero attached hydrogens (tertiary/aromatic N) is 4. The maximum absolute atomic E-state index is 13.2. The van der Waals surface area contributed by atoms with Crippen LogP contribution >= 0.6 is 23.4 Å². The lowest BCUT2D eigenvalue weighted by Gasteiger charge is -2.30. The van der Waals surface area contributed by atoms with Crippen molar-refractivity contribution >= 4 is 34.9 Å². The van der Waals surface area contributed by atoms with Crippen LogP contribution < -0.4 is 0 Å². The Morgan fingerprint density at radius 2 is 1.87 bits per heavy atom. The molecule has 0 bridgehead atoms. The Kier molecular flexibility index (Phi) is 5.90. The molecule has 0 unspecified atom stereocenters. The Hall–Kier alpha value is -2.30. The van der Waals surface area contributed by atoms with Gasteiger partial charge < -0.3 is 9.64 Å². The van der Waals surface area contributed by atoms with Crippen molar-refractivity contribution in [2.75, 3.05) is 26.3 Å². The number of hydrogen-bond acceptors (Lipinski definition) is 5. The van der Waals surface area contributed by atoms with E-state index in [2.05, 4.69) is 10.2 Å². The highest BCUT2D eigenvalue weighted by Crippen LogP contribution is 2.38. The summed E-state index contributed by atoms with van der Waals surface area (Å²) in [5.41, 5.74) is -0.107. The predicted molar refractivity (Wildman–Crippen MR) is 105 cm³/mol. The molecule has 1 saturated heterocycles. The molecule has 4 rings (SSSR count). The Morgan fingerprint density at radius 3 is 2.53 bits per heavy atom. The van der Waals surface area contributed by atoms with Crippen LogP contribution in [0.3, 0.4) is 0 Å². The van der Waals surface area contributed by atoms with Crippen LogP contribution in [0.4, 0.5) is 13.2 Å². The molecule has 0 saturated carbocycles. The highest BCUT2D eigenvalue weighted by Gasteiger charge is 2.33. The fraction of sp³-hybridized carbons (Fsp3) is 0.316. The number of benzene rings is 1. The zero-order chi connectivity index (χ0) is 21.3. The summed E-state index contributed by atoms with van der Waals surface area (Å²) in [6, 6.07) is 9.84. The van der Waals surface area contributed by atoms with E-state index in [9.17, 15) is 18.0 Å². The largest absolute Gasteiger partial charge is 0.417 e. The number of pyridine rings is 1. The van der Waals surface area contributed by atoms with Crippen LogP contribution in [0.15, 0.2) is 47.8 Å². The normalized spacial score (nSPS) is 16.1. The van der Waals surface area contributed by atoms with Crippen LogP contribution in [0.25, 0.3) is 5.65 Å². The van der Waals surface area contributed by atoms with Gasteiger partial charge in [0, 0.05) is 19.3 Å². The molecule has 158 valence electrons. The van der Waals surface area contributed by atoms with Gasteiger partial charge in [0.25, 0.3) is 0 Å². The molecule has 30 heavy (non-hydrogen) atoms. The number of amides is 1. The van der Waals surface area contributed by atoms with Crippen LogP contribution in [-0.4, -0.2) is 51.7 Å². The van der Waals surface area contributed by atoms with E-state index < -0.39 is 17.0 Å². The predicted octanol–water partition coefficient (Wildman–Crippen LogP) is 4.09. The van der Waals surface area contributed by atoms with E-state index in [0.29, 0.717) is 31.9 Å². The lowest BCUT2D eigenvalue weighted by Crippen LogP contribution is -2.42. The van der Waals surface area contributed by atoms with Crippen molar-refractivity contribution in [3.8, 4) is 0 Å². The molecule has 2 aromatic heterocycles. The number of fused-ring (bicyclic) bond motifs is 1. The summed E-state index contributed by atoms with van der Waals surface area (Å²) in [5.74, 6) is -0.163. The first-order chi connectivity index (χ1) is 14.3. The van der Waals surface area contributed by atoms with Crippen LogP contribution in [0.5, 0.6) is 0 Å². The highest BCUT2D eigenvalue weighted by atomic mass is 35.5. The molecule has 0 radical (unpaired) electrons. The standard InChI is InChI=1S/C19H16ClF3N4O2S/c20-14-10-13(19(21,22)23)11-27-16(14)24-25-18(27)30-15(12-4-2-1-3-5-12)17(28)26-6-8-29-9-7-26/h1-5,10-11,15H,6-9H2/t15-/m1/s1. The molecule has 0 spiro atoms. The molecular formula is C19H16ClF3N4O2S. The number of morpholine rings is 1. The van der Waals surface area contributed by atoms with E-state index in [1.54, 1.807) is 29.2 Å². The molecule has 1 aromatic carbocycles.